The van der Waals surface area contributed by atoms with Gasteiger partial charge in [0.1, 0.15) is 0 Å². The molecule has 0 radical (unpaired) electrons. The van der Waals surface area contributed by atoms with Gasteiger partial charge in [-0.25, -0.2) is 0 Å². The molecule has 2 fully saturated rings. The van der Waals surface area contributed by atoms with Crippen molar-refractivity contribution in [3.05, 3.63) is 11.1 Å². The minimum absolute atomic E-state index is 0.0337. The van der Waals surface area contributed by atoms with Crippen LogP contribution in [0.3, 0.4) is 0 Å². The molecule has 172 valence electrons. The third-order valence-electron chi connectivity index (χ3n) is 11.2. The summed E-state index contributed by atoms with van der Waals surface area (Å²) in [4.78, 5) is 0. The van der Waals surface area contributed by atoms with Crippen LogP contribution in [0.5, 0.6) is 0 Å². The highest BCUT2D eigenvalue weighted by molar-refractivity contribution is 5.34. The normalized spacial score (nSPS) is 43.2. The van der Waals surface area contributed by atoms with Gasteiger partial charge in [-0.2, -0.15) is 0 Å². The van der Waals surface area contributed by atoms with Crippen LogP contribution in [0.4, 0.5) is 0 Å². The second-order valence-corrected chi connectivity index (χ2v) is 12.8. The Bertz CT molecular complexity index is 647. The molecule has 4 rings (SSSR count). The minimum atomic E-state index is -0.0337. The van der Waals surface area contributed by atoms with E-state index in [9.17, 15) is 5.11 Å². The molecule has 0 aliphatic heterocycles. The summed E-state index contributed by atoms with van der Waals surface area (Å²) in [6, 6.07) is 0. The Labute approximate surface area is 187 Å². The van der Waals surface area contributed by atoms with Gasteiger partial charge in [-0.1, -0.05) is 65.5 Å². The molecule has 8 atom stereocenters. The van der Waals surface area contributed by atoms with Crippen LogP contribution in [-0.2, 0) is 0 Å². The van der Waals surface area contributed by atoms with Gasteiger partial charge in [0, 0.05) is 0 Å². The average Bonchev–Trinajstić information content (AvgIpc) is 3.06. The first-order valence-electron chi connectivity index (χ1n) is 13.6. The lowest BCUT2D eigenvalue weighted by molar-refractivity contribution is 0.0131. The van der Waals surface area contributed by atoms with Crippen molar-refractivity contribution >= 4 is 0 Å². The van der Waals surface area contributed by atoms with Crippen molar-refractivity contribution in [2.75, 3.05) is 0 Å². The van der Waals surface area contributed by atoms with E-state index in [0.29, 0.717) is 10.8 Å². The molecular weight excluding hydrogens is 364 g/mol. The van der Waals surface area contributed by atoms with Crippen LogP contribution in [0.2, 0.25) is 0 Å². The van der Waals surface area contributed by atoms with Gasteiger partial charge >= 0.3 is 0 Å². The molecule has 0 aromatic rings. The third-order valence-corrected chi connectivity index (χ3v) is 11.2. The van der Waals surface area contributed by atoms with Gasteiger partial charge in [-0.05, 0) is 111 Å². The molecule has 4 unspecified atom stereocenters. The van der Waals surface area contributed by atoms with Crippen molar-refractivity contribution in [2.45, 2.75) is 125 Å². The standard InChI is InChI=1S/C29H50O/c1-7-21(19(2)3)9-8-20(4)25-12-13-26-24-11-10-22-18-23(30)14-16-28(22,5)27(24)15-17-29(25,26)6/h19-23,25-26,30H,7-18H2,1-6H3/t20-,21-,22+,23+,25?,26?,28?,29?/m1/s1. The van der Waals surface area contributed by atoms with E-state index in [1.165, 1.54) is 64.2 Å². The molecule has 4 aliphatic carbocycles. The van der Waals surface area contributed by atoms with Crippen LogP contribution >= 0.6 is 0 Å². The number of hydrogen-bond acceptors (Lipinski definition) is 1. The fraction of sp³-hybridized carbons (Fsp3) is 0.931. The van der Waals surface area contributed by atoms with Crippen LogP contribution in [0, 0.1) is 46.3 Å². The van der Waals surface area contributed by atoms with Gasteiger partial charge in [0.15, 0.2) is 0 Å². The van der Waals surface area contributed by atoms with E-state index in [0.717, 1.165) is 48.3 Å². The summed E-state index contributed by atoms with van der Waals surface area (Å²) >= 11 is 0. The molecule has 0 aromatic heterocycles. The van der Waals surface area contributed by atoms with Gasteiger partial charge in [0.25, 0.3) is 0 Å². The Balaban J connectivity index is 1.50. The molecule has 1 heteroatoms. The zero-order valence-electron chi connectivity index (χ0n) is 21.0. The Morgan fingerprint density at radius 1 is 0.967 bits per heavy atom. The maximum Gasteiger partial charge on any atom is 0.0543 e. The Kier molecular flexibility index (Phi) is 6.53. The first-order valence-corrected chi connectivity index (χ1v) is 13.6. The fourth-order valence-corrected chi connectivity index (χ4v) is 9.10. The van der Waals surface area contributed by atoms with Crippen molar-refractivity contribution < 1.29 is 5.11 Å². The molecule has 1 N–H and O–H groups in total. The monoisotopic (exact) mass is 414 g/mol. The molecule has 0 bridgehead atoms. The topological polar surface area (TPSA) is 20.2 Å². The first kappa shape index (κ1) is 22.9. The van der Waals surface area contributed by atoms with Gasteiger partial charge in [-0.15, -0.1) is 0 Å². The summed E-state index contributed by atoms with van der Waals surface area (Å²) in [5, 5.41) is 10.3. The summed E-state index contributed by atoms with van der Waals surface area (Å²) in [6.07, 6.45) is 15.9. The molecule has 0 spiro atoms. The lowest BCUT2D eigenvalue weighted by Gasteiger charge is -2.55. The summed E-state index contributed by atoms with van der Waals surface area (Å²) in [5.41, 5.74) is 4.76. The number of rotatable bonds is 6. The van der Waals surface area contributed by atoms with Crippen molar-refractivity contribution in [3.63, 3.8) is 0 Å². The van der Waals surface area contributed by atoms with E-state index in [1.807, 2.05) is 11.1 Å². The summed E-state index contributed by atoms with van der Waals surface area (Å²) in [6.45, 7) is 15.1. The Hall–Kier alpha value is -0.300. The molecule has 0 aromatic carbocycles. The first-order chi connectivity index (χ1) is 14.2. The predicted octanol–water partition coefficient (Wildman–Crippen LogP) is 8.17. The molecule has 4 aliphatic rings. The zero-order chi connectivity index (χ0) is 21.7. The number of fused-ring (bicyclic) bond motifs is 4. The van der Waals surface area contributed by atoms with Crippen LogP contribution in [0.15, 0.2) is 11.1 Å². The van der Waals surface area contributed by atoms with Gasteiger partial charge in [-0.3, -0.25) is 0 Å². The highest BCUT2D eigenvalue weighted by Gasteiger charge is 2.55. The molecule has 1 nitrogen and oxygen atoms in total. The molecule has 30 heavy (non-hydrogen) atoms. The largest absolute Gasteiger partial charge is 0.393 e. The number of hydrogen-bond donors (Lipinski definition) is 1. The van der Waals surface area contributed by atoms with Gasteiger partial charge in [0.05, 0.1) is 6.10 Å². The van der Waals surface area contributed by atoms with Gasteiger partial charge < -0.3 is 5.11 Å². The second kappa shape index (κ2) is 8.57. The zero-order valence-corrected chi connectivity index (χ0v) is 21.0. The Morgan fingerprint density at radius 2 is 1.73 bits per heavy atom. The fourth-order valence-electron chi connectivity index (χ4n) is 9.10. The number of allylic oxidation sites excluding steroid dienone is 2. The Morgan fingerprint density at radius 3 is 2.43 bits per heavy atom. The van der Waals surface area contributed by atoms with Crippen molar-refractivity contribution in [2.24, 2.45) is 46.3 Å². The maximum absolute atomic E-state index is 10.3. The lowest BCUT2D eigenvalue weighted by Crippen LogP contribution is -2.45. The van der Waals surface area contributed by atoms with Crippen molar-refractivity contribution in [1.82, 2.24) is 0 Å². The van der Waals surface area contributed by atoms with E-state index in [-0.39, 0.29) is 6.10 Å². The summed E-state index contributed by atoms with van der Waals surface area (Å²) in [5.74, 6) is 5.16. The van der Waals surface area contributed by atoms with Crippen LogP contribution in [0.1, 0.15) is 119 Å². The van der Waals surface area contributed by atoms with E-state index < -0.39 is 0 Å². The number of aliphatic hydroxyl groups is 1. The lowest BCUT2D eigenvalue weighted by atomic mass is 9.50. The van der Waals surface area contributed by atoms with Gasteiger partial charge in [0.2, 0.25) is 0 Å². The maximum atomic E-state index is 10.3. The second-order valence-electron chi connectivity index (χ2n) is 12.8. The smallest absolute Gasteiger partial charge is 0.0543 e. The minimum Gasteiger partial charge on any atom is -0.393 e. The average molecular weight is 415 g/mol. The van der Waals surface area contributed by atoms with E-state index in [2.05, 4.69) is 41.5 Å². The highest BCUT2D eigenvalue weighted by Crippen LogP contribution is 2.66. The molecule has 0 amide bonds. The quantitative estimate of drug-likeness (QED) is 0.434. The van der Waals surface area contributed by atoms with E-state index >= 15 is 0 Å². The molecule has 2 saturated carbocycles. The van der Waals surface area contributed by atoms with E-state index in [1.54, 1.807) is 0 Å². The predicted molar refractivity (Wildman–Crippen MR) is 128 cm³/mol. The van der Waals surface area contributed by atoms with Crippen molar-refractivity contribution in [3.8, 4) is 0 Å². The highest BCUT2D eigenvalue weighted by atomic mass is 16.3. The number of aliphatic hydroxyl groups excluding tert-OH is 1. The molecular formula is C29H50O. The SMILES string of the molecule is CC[C@H](CC[C@@H](C)C1CCC2C3=C(CCC21C)C1(C)CC[C@H](O)C[C@@H]1CC3)C(C)C. The third kappa shape index (κ3) is 3.74. The summed E-state index contributed by atoms with van der Waals surface area (Å²) < 4.78 is 0. The molecule has 0 saturated heterocycles. The molecule has 0 heterocycles. The van der Waals surface area contributed by atoms with Crippen LogP contribution in [0.25, 0.3) is 0 Å². The van der Waals surface area contributed by atoms with Crippen LogP contribution < -0.4 is 0 Å². The van der Waals surface area contributed by atoms with Crippen LogP contribution in [-0.4, -0.2) is 11.2 Å². The van der Waals surface area contributed by atoms with Crippen molar-refractivity contribution in [1.29, 1.82) is 0 Å². The van der Waals surface area contributed by atoms with E-state index in [4.69, 9.17) is 0 Å². The summed E-state index contributed by atoms with van der Waals surface area (Å²) in [7, 11) is 0.